The number of alkyl halides is 7. The van der Waals surface area contributed by atoms with Crippen LogP contribution in [0.1, 0.15) is 15.9 Å². The molecule has 0 aliphatic rings. The van der Waals surface area contributed by atoms with E-state index in [1.54, 1.807) is 0 Å². The Morgan fingerprint density at radius 2 is 1.42 bits per heavy atom. The highest BCUT2D eigenvalue weighted by Crippen LogP contribution is 2.54. The van der Waals surface area contributed by atoms with E-state index >= 15 is 0 Å². The number of carboxylic acids is 1. The predicted molar refractivity (Wildman–Crippen MR) is 104 cm³/mol. The number of nitrogens with zero attached hydrogens (tertiary/aromatic N) is 3. The van der Waals surface area contributed by atoms with Crippen LogP contribution < -0.4 is 0 Å². The Kier molecular flexibility index (Phi) is 6.33. The van der Waals surface area contributed by atoms with Crippen LogP contribution in [0, 0.1) is 0 Å². The standard InChI is InChI=1S/C18H7Cl3F7N3O2/c19-11-2-9(16(22,17(23,24)25)18(26,27)28)3-12(20)13(11)31-6-8(5-30-31)7-1-10(15(32)33)14(21)29-4-7/h1-6H,(H,32,33). The van der Waals surface area contributed by atoms with E-state index in [1.165, 1.54) is 18.6 Å². The summed E-state index contributed by atoms with van der Waals surface area (Å²) in [6, 6.07) is 1.46. The van der Waals surface area contributed by atoms with Gasteiger partial charge in [0, 0.05) is 29.1 Å². The molecule has 0 fully saturated rings. The van der Waals surface area contributed by atoms with Gasteiger partial charge in [-0.3, -0.25) is 0 Å². The van der Waals surface area contributed by atoms with E-state index in [2.05, 4.69) is 10.1 Å². The molecule has 0 bridgehead atoms. The predicted octanol–water partition coefficient (Wildman–Crippen LogP) is 6.88. The molecule has 176 valence electrons. The van der Waals surface area contributed by atoms with Crippen LogP contribution in [0.25, 0.3) is 16.8 Å². The van der Waals surface area contributed by atoms with E-state index in [9.17, 15) is 35.5 Å². The third-order valence-electron chi connectivity index (χ3n) is 4.41. The molecule has 0 spiro atoms. The normalized spacial score (nSPS) is 12.8. The molecule has 3 aromatic rings. The van der Waals surface area contributed by atoms with Gasteiger partial charge in [0.1, 0.15) is 10.8 Å². The quantitative estimate of drug-likeness (QED) is 0.292. The van der Waals surface area contributed by atoms with Gasteiger partial charge in [-0.1, -0.05) is 34.8 Å². The lowest BCUT2D eigenvalue weighted by Gasteiger charge is -2.30. The molecule has 1 N–H and O–H groups in total. The van der Waals surface area contributed by atoms with Gasteiger partial charge in [0.15, 0.2) is 0 Å². The van der Waals surface area contributed by atoms with Gasteiger partial charge in [0.25, 0.3) is 0 Å². The second kappa shape index (κ2) is 8.33. The fourth-order valence-corrected chi connectivity index (χ4v) is 3.67. The summed E-state index contributed by atoms with van der Waals surface area (Å²) in [7, 11) is 0. The first-order valence-electron chi connectivity index (χ1n) is 8.34. The van der Waals surface area contributed by atoms with Crippen LogP contribution in [0.4, 0.5) is 30.7 Å². The van der Waals surface area contributed by atoms with Crippen molar-refractivity contribution in [3.8, 4) is 16.8 Å². The van der Waals surface area contributed by atoms with Crippen molar-refractivity contribution in [2.24, 2.45) is 0 Å². The Labute approximate surface area is 194 Å². The summed E-state index contributed by atoms with van der Waals surface area (Å²) >= 11 is 17.4. The summed E-state index contributed by atoms with van der Waals surface area (Å²) in [5.74, 6) is -1.37. The summed E-state index contributed by atoms with van der Waals surface area (Å²) < 4.78 is 93.4. The minimum absolute atomic E-state index is 0.150. The van der Waals surface area contributed by atoms with Gasteiger partial charge in [-0.25, -0.2) is 18.9 Å². The minimum Gasteiger partial charge on any atom is -0.478 e. The molecule has 3 rings (SSSR count). The SMILES string of the molecule is O=C(O)c1cc(-c2cnn(-c3c(Cl)cc(C(F)(C(F)(F)F)C(F)(F)F)cc3Cl)c2)cnc1Cl. The molecule has 2 aromatic heterocycles. The Hall–Kier alpha value is -2.57. The highest BCUT2D eigenvalue weighted by molar-refractivity contribution is 6.38. The van der Waals surface area contributed by atoms with E-state index in [0.717, 1.165) is 10.7 Å². The maximum atomic E-state index is 14.3. The molecule has 0 amide bonds. The average Bonchev–Trinajstić information content (AvgIpc) is 3.14. The highest BCUT2D eigenvalue weighted by Gasteiger charge is 2.73. The Balaban J connectivity index is 2.10. The number of carbonyl (C=O) groups is 1. The number of pyridine rings is 1. The van der Waals surface area contributed by atoms with Gasteiger partial charge in [-0.05, 0) is 18.2 Å². The Bertz CT molecular complexity index is 1200. The minimum atomic E-state index is -6.35. The number of benzene rings is 1. The zero-order valence-corrected chi connectivity index (χ0v) is 17.7. The van der Waals surface area contributed by atoms with Gasteiger partial charge in [-0.2, -0.15) is 31.4 Å². The number of carboxylic acid groups (broad SMARTS) is 1. The lowest BCUT2D eigenvalue weighted by Crippen LogP contribution is -2.50. The van der Waals surface area contributed by atoms with Crippen molar-refractivity contribution < 1.29 is 40.6 Å². The molecule has 0 saturated carbocycles. The average molecular weight is 537 g/mol. The zero-order chi connectivity index (χ0) is 24.9. The van der Waals surface area contributed by atoms with Gasteiger partial charge >= 0.3 is 24.0 Å². The number of hydrogen-bond acceptors (Lipinski definition) is 3. The molecule has 2 heterocycles. The lowest BCUT2D eigenvalue weighted by atomic mass is 9.94. The number of aromatic nitrogens is 3. The van der Waals surface area contributed by atoms with Crippen molar-refractivity contribution in [2.75, 3.05) is 0 Å². The maximum Gasteiger partial charge on any atom is 0.435 e. The van der Waals surface area contributed by atoms with Crippen molar-refractivity contribution in [3.63, 3.8) is 0 Å². The third kappa shape index (κ3) is 4.34. The number of aromatic carboxylic acids is 1. The third-order valence-corrected chi connectivity index (χ3v) is 5.29. The summed E-state index contributed by atoms with van der Waals surface area (Å²) in [5, 5.41) is 11.2. The van der Waals surface area contributed by atoms with Crippen molar-refractivity contribution in [2.45, 2.75) is 18.0 Å². The molecule has 0 aliphatic heterocycles. The number of halogens is 10. The first kappa shape index (κ1) is 25.1. The molecule has 0 radical (unpaired) electrons. The first-order chi connectivity index (χ1) is 15.1. The second-order valence-electron chi connectivity index (χ2n) is 6.48. The van der Waals surface area contributed by atoms with Crippen LogP contribution in [0.3, 0.4) is 0 Å². The molecule has 15 heteroatoms. The zero-order valence-electron chi connectivity index (χ0n) is 15.4. The first-order valence-corrected chi connectivity index (χ1v) is 9.47. The van der Waals surface area contributed by atoms with E-state index in [4.69, 9.17) is 39.9 Å². The summed E-state index contributed by atoms with van der Waals surface area (Å²) in [5.41, 5.74) is -7.82. The highest BCUT2D eigenvalue weighted by atomic mass is 35.5. The lowest BCUT2D eigenvalue weighted by molar-refractivity contribution is -0.348. The summed E-state index contributed by atoms with van der Waals surface area (Å²) in [4.78, 5) is 14.9. The van der Waals surface area contributed by atoms with E-state index in [1.807, 2.05) is 0 Å². The molecule has 0 saturated heterocycles. The number of rotatable bonds is 4. The van der Waals surface area contributed by atoms with Crippen molar-refractivity contribution in [1.82, 2.24) is 14.8 Å². The Morgan fingerprint density at radius 1 is 0.879 bits per heavy atom. The van der Waals surface area contributed by atoms with Gasteiger partial charge in [0.05, 0.1) is 21.8 Å². The van der Waals surface area contributed by atoms with Gasteiger partial charge in [0.2, 0.25) is 0 Å². The maximum absolute atomic E-state index is 14.3. The fraction of sp³-hybridized carbons (Fsp3) is 0.167. The molecule has 0 unspecified atom stereocenters. The van der Waals surface area contributed by atoms with Crippen LogP contribution in [0.2, 0.25) is 15.2 Å². The van der Waals surface area contributed by atoms with E-state index in [0.29, 0.717) is 0 Å². The van der Waals surface area contributed by atoms with Crippen molar-refractivity contribution >= 4 is 40.8 Å². The van der Waals surface area contributed by atoms with Crippen LogP contribution in [0.15, 0.2) is 36.8 Å². The molecular formula is C18H7Cl3F7N3O2. The smallest absolute Gasteiger partial charge is 0.435 e. The summed E-state index contributed by atoms with van der Waals surface area (Å²) in [6.45, 7) is 0. The summed E-state index contributed by atoms with van der Waals surface area (Å²) in [6.07, 6.45) is -9.13. The van der Waals surface area contributed by atoms with Crippen molar-refractivity contribution in [1.29, 1.82) is 0 Å². The number of hydrogen-bond donors (Lipinski definition) is 1. The van der Waals surface area contributed by atoms with Crippen LogP contribution >= 0.6 is 34.8 Å². The molecule has 1 aromatic carbocycles. The van der Waals surface area contributed by atoms with Crippen LogP contribution in [-0.4, -0.2) is 38.2 Å². The van der Waals surface area contributed by atoms with Gasteiger partial charge in [-0.15, -0.1) is 0 Å². The van der Waals surface area contributed by atoms with E-state index in [-0.39, 0.29) is 39.7 Å². The fourth-order valence-electron chi connectivity index (χ4n) is 2.82. The molecule has 0 aliphatic carbocycles. The molecular weight excluding hydrogens is 530 g/mol. The Morgan fingerprint density at radius 3 is 1.91 bits per heavy atom. The molecule has 5 nitrogen and oxygen atoms in total. The monoisotopic (exact) mass is 535 g/mol. The van der Waals surface area contributed by atoms with Crippen LogP contribution in [-0.2, 0) is 5.67 Å². The second-order valence-corrected chi connectivity index (χ2v) is 7.66. The van der Waals surface area contributed by atoms with Crippen molar-refractivity contribution in [3.05, 3.63) is 63.1 Å². The largest absolute Gasteiger partial charge is 0.478 e. The molecule has 33 heavy (non-hydrogen) atoms. The topological polar surface area (TPSA) is 68.0 Å². The van der Waals surface area contributed by atoms with Crippen LogP contribution in [0.5, 0.6) is 0 Å². The van der Waals surface area contributed by atoms with E-state index < -0.39 is 39.6 Å². The van der Waals surface area contributed by atoms with Gasteiger partial charge < -0.3 is 5.11 Å². The molecule has 0 atom stereocenters.